The Morgan fingerprint density at radius 2 is 2.41 bits per heavy atom. The Morgan fingerprint density at radius 1 is 1.59 bits per heavy atom. The molecule has 0 saturated carbocycles. The molecule has 2 aromatic rings. The number of aromatic carboxylic acids is 1. The number of carboxylic acid groups (broad SMARTS) is 1. The van der Waals surface area contributed by atoms with E-state index >= 15 is 0 Å². The van der Waals surface area contributed by atoms with E-state index in [2.05, 4.69) is 12.0 Å². The number of aromatic nitrogens is 2. The number of thiophene rings is 1. The Labute approximate surface area is 104 Å². The van der Waals surface area contributed by atoms with E-state index < -0.39 is 5.97 Å². The van der Waals surface area contributed by atoms with Crippen molar-refractivity contribution < 1.29 is 9.90 Å². The molecule has 0 aliphatic carbocycles. The molecule has 0 aromatic carbocycles. The maximum absolute atomic E-state index is 11.2. The number of hydrogen-bond donors (Lipinski definition) is 1. The predicted molar refractivity (Wildman–Crippen MR) is 67.4 cm³/mol. The van der Waals surface area contributed by atoms with E-state index in [9.17, 15) is 4.79 Å². The molecule has 2 rings (SSSR count). The van der Waals surface area contributed by atoms with Gasteiger partial charge in [0.05, 0.1) is 4.88 Å². The van der Waals surface area contributed by atoms with Crippen LogP contribution in [0.15, 0.2) is 23.7 Å². The van der Waals surface area contributed by atoms with Gasteiger partial charge in [0.2, 0.25) is 0 Å². The monoisotopic (exact) mass is 250 g/mol. The smallest absolute Gasteiger partial charge is 0.339 e. The summed E-state index contributed by atoms with van der Waals surface area (Å²) in [4.78, 5) is 12.1. The molecule has 5 heteroatoms. The molecule has 0 fully saturated rings. The third-order valence-corrected chi connectivity index (χ3v) is 3.36. The topological polar surface area (TPSA) is 55.1 Å². The summed E-state index contributed by atoms with van der Waals surface area (Å²) in [7, 11) is 0. The van der Waals surface area contributed by atoms with Gasteiger partial charge in [0.15, 0.2) is 0 Å². The molecule has 4 nitrogen and oxygen atoms in total. The SMILES string of the molecule is CCCCn1cc(C(=O)O)c(-c2cccs2)n1. The third kappa shape index (κ3) is 2.55. The zero-order chi connectivity index (χ0) is 12.3. The highest BCUT2D eigenvalue weighted by Gasteiger charge is 2.17. The molecule has 2 aromatic heterocycles. The van der Waals surface area contributed by atoms with Crippen molar-refractivity contribution >= 4 is 17.3 Å². The Morgan fingerprint density at radius 3 is 3.00 bits per heavy atom. The van der Waals surface area contributed by atoms with Crippen LogP contribution in [0.3, 0.4) is 0 Å². The van der Waals surface area contributed by atoms with Crippen molar-refractivity contribution in [2.75, 3.05) is 0 Å². The van der Waals surface area contributed by atoms with Crippen molar-refractivity contribution in [2.45, 2.75) is 26.3 Å². The van der Waals surface area contributed by atoms with Gasteiger partial charge in [-0.2, -0.15) is 5.10 Å². The minimum Gasteiger partial charge on any atom is -0.478 e. The maximum Gasteiger partial charge on any atom is 0.339 e. The molecular formula is C12H14N2O2S. The lowest BCUT2D eigenvalue weighted by atomic mass is 10.2. The minimum atomic E-state index is -0.920. The van der Waals surface area contributed by atoms with Gasteiger partial charge in [-0.3, -0.25) is 4.68 Å². The van der Waals surface area contributed by atoms with Crippen LogP contribution < -0.4 is 0 Å². The van der Waals surface area contributed by atoms with Crippen molar-refractivity contribution in [3.05, 3.63) is 29.3 Å². The van der Waals surface area contributed by atoms with Gasteiger partial charge in [0.1, 0.15) is 11.3 Å². The number of carbonyl (C=O) groups is 1. The fraction of sp³-hybridized carbons (Fsp3) is 0.333. The molecule has 17 heavy (non-hydrogen) atoms. The van der Waals surface area contributed by atoms with E-state index in [0.29, 0.717) is 5.69 Å². The van der Waals surface area contributed by atoms with Gasteiger partial charge in [-0.1, -0.05) is 19.4 Å². The zero-order valence-corrected chi connectivity index (χ0v) is 10.4. The van der Waals surface area contributed by atoms with Crippen LogP contribution in [-0.4, -0.2) is 20.9 Å². The number of nitrogens with zero attached hydrogens (tertiary/aromatic N) is 2. The number of aryl methyl sites for hydroxylation is 1. The molecular weight excluding hydrogens is 236 g/mol. The van der Waals surface area contributed by atoms with Crippen molar-refractivity contribution in [2.24, 2.45) is 0 Å². The quantitative estimate of drug-likeness (QED) is 0.887. The lowest BCUT2D eigenvalue weighted by Crippen LogP contribution is -1.98. The molecule has 0 spiro atoms. The summed E-state index contributed by atoms with van der Waals surface area (Å²) in [6.45, 7) is 2.87. The molecule has 0 aliphatic rings. The minimum absolute atomic E-state index is 0.281. The van der Waals surface area contributed by atoms with Crippen LogP contribution in [0.4, 0.5) is 0 Å². The van der Waals surface area contributed by atoms with Crippen LogP contribution in [0.1, 0.15) is 30.1 Å². The first kappa shape index (κ1) is 11.9. The lowest BCUT2D eigenvalue weighted by molar-refractivity contribution is 0.0697. The fourth-order valence-corrected chi connectivity index (χ4v) is 2.33. The predicted octanol–water partition coefficient (Wildman–Crippen LogP) is 3.11. The molecule has 2 heterocycles. The van der Waals surface area contributed by atoms with Gasteiger partial charge in [-0.15, -0.1) is 11.3 Å². The van der Waals surface area contributed by atoms with E-state index in [4.69, 9.17) is 5.11 Å². The maximum atomic E-state index is 11.2. The zero-order valence-electron chi connectivity index (χ0n) is 9.59. The summed E-state index contributed by atoms with van der Waals surface area (Å²) in [6.07, 6.45) is 3.69. The van der Waals surface area contributed by atoms with Gasteiger partial charge in [0, 0.05) is 12.7 Å². The van der Waals surface area contributed by atoms with E-state index in [1.54, 1.807) is 10.9 Å². The van der Waals surface area contributed by atoms with Crippen LogP contribution in [-0.2, 0) is 6.54 Å². The van der Waals surface area contributed by atoms with Gasteiger partial charge < -0.3 is 5.11 Å². The second-order valence-electron chi connectivity index (χ2n) is 3.79. The first-order valence-corrected chi connectivity index (χ1v) is 6.45. The summed E-state index contributed by atoms with van der Waals surface area (Å²) in [6, 6.07) is 3.79. The molecule has 0 unspecified atom stereocenters. The van der Waals surface area contributed by atoms with Gasteiger partial charge >= 0.3 is 5.97 Å². The highest BCUT2D eigenvalue weighted by atomic mass is 32.1. The number of carboxylic acids is 1. The molecule has 0 radical (unpaired) electrons. The number of rotatable bonds is 5. The molecule has 0 atom stereocenters. The first-order chi connectivity index (χ1) is 8.22. The second kappa shape index (κ2) is 5.14. The van der Waals surface area contributed by atoms with E-state index in [1.807, 2.05) is 17.5 Å². The Hall–Kier alpha value is -1.62. The Bertz CT molecular complexity index is 503. The Balaban J connectivity index is 2.36. The van der Waals surface area contributed by atoms with E-state index in [1.165, 1.54) is 11.3 Å². The van der Waals surface area contributed by atoms with Crippen LogP contribution in [0, 0.1) is 0 Å². The van der Waals surface area contributed by atoms with Crippen molar-refractivity contribution in [3.63, 3.8) is 0 Å². The van der Waals surface area contributed by atoms with Gasteiger partial charge in [0.25, 0.3) is 0 Å². The second-order valence-corrected chi connectivity index (χ2v) is 4.74. The van der Waals surface area contributed by atoms with Crippen LogP contribution in [0.2, 0.25) is 0 Å². The number of unbranched alkanes of at least 4 members (excludes halogenated alkanes) is 1. The van der Waals surface area contributed by atoms with Gasteiger partial charge in [-0.05, 0) is 17.9 Å². The first-order valence-electron chi connectivity index (χ1n) is 5.57. The highest BCUT2D eigenvalue weighted by Crippen LogP contribution is 2.26. The summed E-state index contributed by atoms with van der Waals surface area (Å²) >= 11 is 1.51. The molecule has 0 bridgehead atoms. The standard InChI is InChI=1S/C12H14N2O2S/c1-2-3-6-14-8-9(12(15)16)11(13-14)10-5-4-7-17-10/h4-5,7-8H,2-3,6H2,1H3,(H,15,16). The van der Waals surface area contributed by atoms with Crippen LogP contribution >= 0.6 is 11.3 Å². The largest absolute Gasteiger partial charge is 0.478 e. The van der Waals surface area contributed by atoms with Crippen molar-refractivity contribution in [1.82, 2.24) is 9.78 Å². The highest BCUT2D eigenvalue weighted by molar-refractivity contribution is 7.13. The van der Waals surface area contributed by atoms with Crippen LogP contribution in [0.25, 0.3) is 10.6 Å². The summed E-state index contributed by atoms with van der Waals surface area (Å²) < 4.78 is 1.72. The normalized spacial score (nSPS) is 10.6. The Kier molecular flexibility index (Phi) is 3.58. The van der Waals surface area contributed by atoms with Gasteiger partial charge in [-0.25, -0.2) is 4.79 Å². The molecule has 90 valence electrons. The summed E-state index contributed by atoms with van der Waals surface area (Å²) in [5.41, 5.74) is 0.854. The van der Waals surface area contributed by atoms with Crippen LogP contribution in [0.5, 0.6) is 0 Å². The van der Waals surface area contributed by atoms with Crippen molar-refractivity contribution in [1.29, 1.82) is 0 Å². The summed E-state index contributed by atoms with van der Waals surface area (Å²) in [5, 5.41) is 15.4. The molecule has 0 aliphatic heterocycles. The lowest BCUT2D eigenvalue weighted by Gasteiger charge is -1.97. The molecule has 0 amide bonds. The summed E-state index contributed by atoms with van der Waals surface area (Å²) in [5.74, 6) is -0.920. The van der Waals surface area contributed by atoms with Crippen molar-refractivity contribution in [3.8, 4) is 10.6 Å². The average molecular weight is 250 g/mol. The van der Waals surface area contributed by atoms with E-state index in [-0.39, 0.29) is 5.56 Å². The average Bonchev–Trinajstić information content (AvgIpc) is 2.94. The van der Waals surface area contributed by atoms with E-state index in [0.717, 1.165) is 24.3 Å². The molecule has 0 saturated heterocycles. The third-order valence-electron chi connectivity index (χ3n) is 2.49. The number of hydrogen-bond acceptors (Lipinski definition) is 3. The molecule has 1 N–H and O–H groups in total. The fourth-order valence-electron chi connectivity index (χ4n) is 1.61.